The molecule has 0 aliphatic rings. The largest absolute Gasteiger partial charge is 0.491 e. The highest BCUT2D eigenvalue weighted by molar-refractivity contribution is 5.55. The van der Waals surface area contributed by atoms with Gasteiger partial charge in [0, 0.05) is 12.6 Å². The molecule has 1 aromatic carbocycles. The summed E-state index contributed by atoms with van der Waals surface area (Å²) in [6.07, 6.45) is -0.854. The first-order chi connectivity index (χ1) is 11.0. The van der Waals surface area contributed by atoms with Gasteiger partial charge in [0.05, 0.1) is 5.69 Å². The number of hydrogen-bond acceptors (Lipinski definition) is 6. The van der Waals surface area contributed by atoms with E-state index in [9.17, 15) is 14.8 Å². The van der Waals surface area contributed by atoms with Gasteiger partial charge in [0.1, 0.15) is 35.9 Å². The Bertz CT molecular complexity index is 731. The number of aliphatic hydroxyl groups is 1. The summed E-state index contributed by atoms with van der Waals surface area (Å²) in [5.74, 6) is 0.257. The number of benzene rings is 1. The molecule has 0 radical (unpaired) electrons. The van der Waals surface area contributed by atoms with Crippen LogP contribution in [-0.2, 0) is 0 Å². The summed E-state index contributed by atoms with van der Waals surface area (Å²) in [5.41, 5.74) is 1.83. The molecular formula is C16H17FN4O2. The average Bonchev–Trinajstić information content (AvgIpc) is 2.54. The molecule has 0 aliphatic heterocycles. The number of hydrogen-bond donors (Lipinski definition) is 2. The molecule has 6 nitrogen and oxygen atoms in total. The van der Waals surface area contributed by atoms with Crippen LogP contribution < -0.4 is 10.1 Å². The van der Waals surface area contributed by atoms with Crippen molar-refractivity contribution in [2.24, 2.45) is 0 Å². The molecule has 7 heteroatoms. The van der Waals surface area contributed by atoms with Crippen molar-refractivity contribution in [2.45, 2.75) is 20.0 Å². The van der Waals surface area contributed by atoms with E-state index in [0.717, 1.165) is 5.56 Å². The van der Waals surface area contributed by atoms with Crippen molar-refractivity contribution in [2.75, 3.05) is 18.5 Å². The highest BCUT2D eigenvalue weighted by atomic mass is 19.1. The first-order valence-corrected chi connectivity index (χ1v) is 7.05. The van der Waals surface area contributed by atoms with Crippen LogP contribution in [-0.4, -0.2) is 34.6 Å². The Labute approximate surface area is 133 Å². The third kappa shape index (κ3) is 4.37. The lowest BCUT2D eigenvalue weighted by molar-refractivity contribution is 0.117. The summed E-state index contributed by atoms with van der Waals surface area (Å²) >= 11 is 0. The maximum Gasteiger partial charge on any atom is 0.167 e. The maximum atomic E-state index is 13.0. The Morgan fingerprint density at radius 2 is 2.17 bits per heavy atom. The molecule has 2 aromatic rings. The number of aromatic nitrogens is 2. The van der Waals surface area contributed by atoms with Crippen LogP contribution in [0, 0.1) is 31.0 Å². The van der Waals surface area contributed by atoms with E-state index in [2.05, 4.69) is 21.6 Å². The molecule has 0 spiro atoms. The van der Waals surface area contributed by atoms with Crippen molar-refractivity contribution in [3.8, 4) is 11.8 Å². The number of halogens is 1. The van der Waals surface area contributed by atoms with Gasteiger partial charge in [-0.15, -0.1) is 5.10 Å². The molecule has 1 heterocycles. The molecule has 0 saturated heterocycles. The van der Waals surface area contributed by atoms with Crippen molar-refractivity contribution >= 4 is 5.82 Å². The van der Waals surface area contributed by atoms with Crippen LogP contribution in [0.25, 0.3) is 0 Å². The van der Waals surface area contributed by atoms with Crippen molar-refractivity contribution in [1.82, 2.24) is 10.2 Å². The fraction of sp³-hybridized carbons (Fsp3) is 0.312. The Balaban J connectivity index is 1.91. The van der Waals surface area contributed by atoms with Crippen LogP contribution in [0.5, 0.6) is 5.75 Å². The minimum absolute atomic E-state index is 0.0172. The number of nitriles is 1. The van der Waals surface area contributed by atoms with Gasteiger partial charge in [0.25, 0.3) is 0 Å². The zero-order valence-electron chi connectivity index (χ0n) is 12.9. The van der Waals surface area contributed by atoms with Gasteiger partial charge in [-0.3, -0.25) is 0 Å². The van der Waals surface area contributed by atoms with Crippen molar-refractivity contribution in [3.05, 3.63) is 46.9 Å². The summed E-state index contributed by atoms with van der Waals surface area (Å²) in [5, 5.41) is 29.9. The number of aliphatic hydroxyl groups excluding tert-OH is 1. The van der Waals surface area contributed by atoms with Crippen molar-refractivity contribution < 1.29 is 14.2 Å². The summed E-state index contributed by atoms with van der Waals surface area (Å²) < 4.78 is 18.3. The summed E-state index contributed by atoms with van der Waals surface area (Å²) in [4.78, 5) is 0. The van der Waals surface area contributed by atoms with E-state index < -0.39 is 11.9 Å². The lowest BCUT2D eigenvalue weighted by Gasteiger charge is -2.14. The van der Waals surface area contributed by atoms with E-state index in [-0.39, 0.29) is 13.2 Å². The number of nitrogens with zero attached hydrogens (tertiary/aromatic N) is 3. The Hall–Kier alpha value is -2.72. The van der Waals surface area contributed by atoms with Gasteiger partial charge >= 0.3 is 0 Å². The molecule has 1 atom stereocenters. The second-order valence-electron chi connectivity index (χ2n) is 5.05. The predicted molar refractivity (Wildman–Crippen MR) is 82.6 cm³/mol. The molecule has 0 saturated carbocycles. The Morgan fingerprint density at radius 3 is 2.87 bits per heavy atom. The van der Waals surface area contributed by atoms with E-state index in [4.69, 9.17) is 4.74 Å². The molecule has 23 heavy (non-hydrogen) atoms. The highest BCUT2D eigenvalue weighted by Crippen LogP contribution is 2.17. The van der Waals surface area contributed by atoms with Gasteiger partial charge in [0.2, 0.25) is 0 Å². The van der Waals surface area contributed by atoms with E-state index in [0.29, 0.717) is 22.8 Å². The van der Waals surface area contributed by atoms with Gasteiger partial charge in [-0.1, -0.05) is 6.07 Å². The molecule has 2 rings (SSSR count). The molecule has 0 unspecified atom stereocenters. The lowest BCUT2D eigenvalue weighted by Crippen LogP contribution is -2.27. The zero-order chi connectivity index (χ0) is 16.8. The third-order valence-electron chi connectivity index (χ3n) is 3.31. The SMILES string of the molecule is Cc1nnc(NC[C@@H](O)COc2cccc(F)c2)c(C#N)c1C. The van der Waals surface area contributed by atoms with Gasteiger partial charge in [-0.05, 0) is 31.5 Å². The zero-order valence-corrected chi connectivity index (χ0v) is 12.9. The predicted octanol–water partition coefficient (Wildman–Crippen LogP) is 1.96. The first-order valence-electron chi connectivity index (χ1n) is 7.05. The van der Waals surface area contributed by atoms with Gasteiger partial charge < -0.3 is 15.2 Å². The second kappa shape index (κ2) is 7.51. The first kappa shape index (κ1) is 16.6. The van der Waals surface area contributed by atoms with Crippen molar-refractivity contribution in [3.63, 3.8) is 0 Å². The number of anilines is 1. The maximum absolute atomic E-state index is 13.0. The van der Waals surface area contributed by atoms with Crippen LogP contribution in [0.15, 0.2) is 24.3 Å². The number of aryl methyl sites for hydroxylation is 1. The molecule has 2 N–H and O–H groups in total. The molecule has 0 fully saturated rings. The second-order valence-corrected chi connectivity index (χ2v) is 5.05. The van der Waals surface area contributed by atoms with Gasteiger partial charge in [-0.25, -0.2) is 4.39 Å². The van der Waals surface area contributed by atoms with E-state index in [1.165, 1.54) is 18.2 Å². The number of nitrogens with one attached hydrogen (secondary N) is 1. The number of ether oxygens (including phenoxy) is 1. The Kier molecular flexibility index (Phi) is 5.44. The van der Waals surface area contributed by atoms with E-state index in [1.807, 2.05) is 0 Å². The number of rotatable bonds is 6. The molecule has 0 bridgehead atoms. The fourth-order valence-electron chi connectivity index (χ4n) is 1.89. The van der Waals surface area contributed by atoms with E-state index >= 15 is 0 Å². The van der Waals surface area contributed by atoms with Gasteiger partial charge in [0.15, 0.2) is 5.82 Å². The van der Waals surface area contributed by atoms with Crippen molar-refractivity contribution in [1.29, 1.82) is 5.26 Å². The minimum atomic E-state index is -0.854. The van der Waals surface area contributed by atoms with Crippen LogP contribution in [0.3, 0.4) is 0 Å². The Morgan fingerprint density at radius 1 is 1.39 bits per heavy atom. The minimum Gasteiger partial charge on any atom is -0.491 e. The molecule has 120 valence electrons. The fourth-order valence-corrected chi connectivity index (χ4v) is 1.89. The summed E-state index contributed by atoms with van der Waals surface area (Å²) in [6.45, 7) is 3.67. The summed E-state index contributed by atoms with van der Waals surface area (Å²) in [6, 6.07) is 7.75. The van der Waals surface area contributed by atoms with Crippen LogP contribution >= 0.6 is 0 Å². The quantitative estimate of drug-likeness (QED) is 0.846. The molecule has 1 aromatic heterocycles. The van der Waals surface area contributed by atoms with Crippen LogP contribution in [0.4, 0.5) is 10.2 Å². The standard InChI is InChI=1S/C16H17FN4O2/c1-10-11(2)20-21-16(15(10)7-18)19-8-13(22)9-23-14-5-3-4-12(17)6-14/h3-6,13,22H,8-9H2,1-2H3,(H,19,21)/t13-/m1/s1. The summed E-state index contributed by atoms with van der Waals surface area (Å²) in [7, 11) is 0. The lowest BCUT2D eigenvalue weighted by atomic mass is 10.1. The smallest absolute Gasteiger partial charge is 0.167 e. The monoisotopic (exact) mass is 316 g/mol. The third-order valence-corrected chi connectivity index (χ3v) is 3.31. The average molecular weight is 316 g/mol. The van der Waals surface area contributed by atoms with Gasteiger partial charge in [-0.2, -0.15) is 10.4 Å². The van der Waals surface area contributed by atoms with Crippen LogP contribution in [0.2, 0.25) is 0 Å². The van der Waals surface area contributed by atoms with Crippen LogP contribution in [0.1, 0.15) is 16.8 Å². The van der Waals surface area contributed by atoms with E-state index in [1.54, 1.807) is 19.9 Å². The molecule has 0 amide bonds. The normalized spacial score (nSPS) is 11.6. The molecule has 0 aliphatic carbocycles. The highest BCUT2D eigenvalue weighted by Gasteiger charge is 2.12. The topological polar surface area (TPSA) is 91.1 Å². The molecular weight excluding hydrogens is 299 g/mol.